The molecule has 0 aliphatic heterocycles. The van der Waals surface area contributed by atoms with Crippen molar-refractivity contribution in [2.75, 3.05) is 0 Å². The van der Waals surface area contributed by atoms with E-state index in [0.29, 0.717) is 31.6 Å². The molecule has 0 aliphatic carbocycles. The molecule has 0 atom stereocenters. The summed E-state index contributed by atoms with van der Waals surface area (Å²) in [5.74, 6) is 0. The van der Waals surface area contributed by atoms with Crippen molar-refractivity contribution in [3.8, 4) is 11.3 Å². The monoisotopic (exact) mass is 377 g/mol. The van der Waals surface area contributed by atoms with Crippen molar-refractivity contribution in [3.63, 3.8) is 0 Å². The zero-order valence-corrected chi connectivity index (χ0v) is 11.8. The predicted molar refractivity (Wildman–Crippen MR) is 52.0 cm³/mol. The van der Waals surface area contributed by atoms with Gasteiger partial charge in [0, 0.05) is 0 Å². The minimum atomic E-state index is 0.628. The molecule has 14 heavy (non-hydrogen) atoms. The summed E-state index contributed by atoms with van der Waals surface area (Å²) >= 11 is 0.692. The Morgan fingerprint density at radius 3 is 3.00 bits per heavy atom. The number of hydrogen-bond donors (Lipinski definition) is 0. The van der Waals surface area contributed by atoms with E-state index in [1.165, 1.54) is 0 Å². The first-order valence-electron chi connectivity index (χ1n) is 4.00. The summed E-state index contributed by atoms with van der Waals surface area (Å²) in [6, 6.07) is 1.69. The molecule has 0 aromatic carbocycles. The molecule has 0 aliphatic rings. The summed E-state index contributed by atoms with van der Waals surface area (Å²) in [4.78, 5) is 18.9. The van der Waals surface area contributed by atoms with Crippen LogP contribution in [0.25, 0.3) is 11.3 Å². The number of aromatic nitrogens is 3. The Bertz CT molecular complexity index is 467. The van der Waals surface area contributed by atoms with Gasteiger partial charge in [0.1, 0.15) is 0 Å². The molecule has 0 N–H and O–H groups in total. The second-order valence-corrected chi connectivity index (χ2v) is 5.10. The third kappa shape index (κ3) is 1.74. The third-order valence-corrected chi connectivity index (χ3v) is 2.96. The van der Waals surface area contributed by atoms with Crippen molar-refractivity contribution < 1.29 is 4.79 Å². The minimum absolute atomic E-state index is 0.628. The molecule has 0 saturated heterocycles. The van der Waals surface area contributed by atoms with Gasteiger partial charge in [0.15, 0.2) is 0 Å². The van der Waals surface area contributed by atoms with Crippen molar-refractivity contribution >= 4 is 32.4 Å². The summed E-state index contributed by atoms with van der Waals surface area (Å²) in [7, 11) is 0. The normalized spacial score (nSPS) is 9.93. The number of carbonyl (C=O) groups is 1. The standard InChI is InChI=1S/C9H7N3O.Tl/c13-5-7-1-2-10-3-8(7)9-4-11-6-12-9;/h1-6H,(H,11,12,13);/q;+1/p-1. The van der Waals surface area contributed by atoms with Gasteiger partial charge < -0.3 is 0 Å². The van der Waals surface area contributed by atoms with Crippen LogP contribution in [-0.2, 0) is 0 Å². The van der Waals surface area contributed by atoms with Gasteiger partial charge in [0.2, 0.25) is 0 Å². The van der Waals surface area contributed by atoms with Crippen LogP contribution >= 0.6 is 0 Å². The van der Waals surface area contributed by atoms with E-state index in [1.54, 1.807) is 24.8 Å². The van der Waals surface area contributed by atoms with Crippen LogP contribution in [0.15, 0.2) is 31.0 Å². The van der Waals surface area contributed by atoms with Crippen LogP contribution < -0.4 is 0 Å². The molecule has 5 heteroatoms. The van der Waals surface area contributed by atoms with Crippen LogP contribution in [0.3, 0.4) is 0 Å². The fourth-order valence-electron chi connectivity index (χ4n) is 1.20. The number of aldehydes is 1. The summed E-state index contributed by atoms with van der Waals surface area (Å²) in [6.07, 6.45) is 7.78. The summed E-state index contributed by atoms with van der Waals surface area (Å²) in [6.45, 7) is 0. The van der Waals surface area contributed by atoms with Gasteiger partial charge >= 0.3 is 97.3 Å². The first kappa shape index (κ1) is 9.50. The molecule has 0 amide bonds. The quantitative estimate of drug-likeness (QED) is 0.572. The summed E-state index contributed by atoms with van der Waals surface area (Å²) < 4.78 is 2.00. The Balaban J connectivity index is 2.55. The maximum absolute atomic E-state index is 10.8. The molecule has 2 heterocycles. The molecule has 0 unspecified atom stereocenters. The fourth-order valence-corrected chi connectivity index (χ4v) is 2.01. The van der Waals surface area contributed by atoms with Crippen molar-refractivity contribution in [3.05, 3.63) is 36.5 Å². The molecule has 2 aromatic heterocycles. The maximum atomic E-state index is 10.8. The van der Waals surface area contributed by atoms with E-state index in [1.807, 2.05) is 8.57 Å². The van der Waals surface area contributed by atoms with E-state index in [2.05, 4.69) is 9.97 Å². The predicted octanol–water partition coefficient (Wildman–Crippen LogP) is 0.689. The van der Waals surface area contributed by atoms with Crippen molar-refractivity contribution in [2.24, 2.45) is 0 Å². The number of rotatable bonds is 2. The number of hydrogen-bond acceptors (Lipinski definition) is 3. The van der Waals surface area contributed by atoms with Crippen molar-refractivity contribution in [1.29, 1.82) is 0 Å². The van der Waals surface area contributed by atoms with Crippen LogP contribution in [0.4, 0.5) is 0 Å². The molecule has 2 aromatic rings. The second-order valence-electron chi connectivity index (χ2n) is 2.79. The number of imidazole rings is 1. The first-order chi connectivity index (χ1) is 6.81. The van der Waals surface area contributed by atoms with E-state index in [4.69, 9.17) is 0 Å². The molecule has 0 saturated carbocycles. The number of pyridine rings is 1. The number of carbonyl (C=O) groups excluding carboxylic acids is 1. The van der Waals surface area contributed by atoms with Gasteiger partial charge in [-0.05, 0) is 0 Å². The van der Waals surface area contributed by atoms with Crippen LogP contribution in [-0.4, -0.2) is 44.7 Å². The van der Waals surface area contributed by atoms with Gasteiger partial charge in [-0.3, -0.25) is 0 Å². The molecule has 0 radical (unpaired) electrons. The Morgan fingerprint density at radius 1 is 1.50 bits per heavy atom. The molecular weight excluding hydrogens is 371 g/mol. The van der Waals surface area contributed by atoms with Gasteiger partial charge in [0.25, 0.3) is 0 Å². The van der Waals surface area contributed by atoms with Crippen LogP contribution in [0.1, 0.15) is 10.4 Å². The van der Waals surface area contributed by atoms with Gasteiger partial charge in [-0.15, -0.1) is 0 Å². The molecule has 0 bridgehead atoms. The summed E-state index contributed by atoms with van der Waals surface area (Å²) in [5, 5.41) is 0. The van der Waals surface area contributed by atoms with E-state index in [-0.39, 0.29) is 0 Å². The van der Waals surface area contributed by atoms with E-state index in [0.717, 1.165) is 17.5 Å². The molecule has 2 rings (SSSR count). The first-order valence-corrected chi connectivity index (χ1v) is 6.00. The third-order valence-electron chi connectivity index (χ3n) is 1.86. The van der Waals surface area contributed by atoms with E-state index in [9.17, 15) is 4.79 Å². The number of nitrogens with zero attached hydrogens (tertiary/aromatic N) is 3. The average Bonchev–Trinajstić information content (AvgIpc) is 2.65. The second kappa shape index (κ2) is 3.99. The van der Waals surface area contributed by atoms with Crippen LogP contribution in [0.2, 0.25) is 0 Å². The van der Waals surface area contributed by atoms with Crippen LogP contribution in [0, 0.1) is 0 Å². The average molecular weight is 377 g/mol. The zero-order chi connectivity index (χ0) is 9.97. The molecule has 66 valence electrons. The molecule has 0 spiro atoms. The van der Waals surface area contributed by atoms with Crippen molar-refractivity contribution in [1.82, 2.24) is 12.3 Å². The van der Waals surface area contributed by atoms with E-state index < -0.39 is 0 Å². The topological polar surface area (TPSA) is 47.8 Å². The van der Waals surface area contributed by atoms with E-state index >= 15 is 0 Å². The fraction of sp³-hybridized carbons (Fsp3) is 0. The molecular formula is C9H6N3OTl. The molecule has 4 nitrogen and oxygen atoms in total. The van der Waals surface area contributed by atoms with Crippen LogP contribution in [0.5, 0.6) is 0 Å². The Labute approximate surface area is 97.1 Å². The SMILES string of the molecule is O=Cc1ccncc1-c1c[n]([Tl])cn1. The van der Waals surface area contributed by atoms with Gasteiger partial charge in [-0.2, -0.15) is 0 Å². The van der Waals surface area contributed by atoms with Gasteiger partial charge in [-0.25, -0.2) is 0 Å². The zero-order valence-electron chi connectivity index (χ0n) is 7.29. The Hall–Kier alpha value is -1.05. The Kier molecular flexibility index (Phi) is 2.71. The Morgan fingerprint density at radius 2 is 2.36 bits per heavy atom. The summed E-state index contributed by atoms with van der Waals surface area (Å²) in [5.41, 5.74) is 2.23. The molecule has 0 fully saturated rings. The van der Waals surface area contributed by atoms with Gasteiger partial charge in [0.05, 0.1) is 0 Å². The van der Waals surface area contributed by atoms with Gasteiger partial charge in [-0.1, -0.05) is 0 Å². The van der Waals surface area contributed by atoms with Crippen molar-refractivity contribution in [2.45, 2.75) is 0 Å².